The van der Waals surface area contributed by atoms with Gasteiger partial charge in [-0.05, 0) is 30.5 Å². The second-order valence-electron chi connectivity index (χ2n) is 6.60. The number of hydrogen-bond donors (Lipinski definition) is 0. The lowest BCUT2D eigenvalue weighted by Crippen LogP contribution is -2.42. The first-order valence-electron chi connectivity index (χ1n) is 8.95. The number of nitrogens with zero attached hydrogens (tertiary/aromatic N) is 1. The molecule has 8 heteroatoms. The molecule has 0 N–H and O–H groups in total. The summed E-state index contributed by atoms with van der Waals surface area (Å²) in [5.41, 5.74) is 0.00978. The molecule has 4 nitrogen and oxygen atoms in total. The fourth-order valence-electron chi connectivity index (χ4n) is 3.11. The van der Waals surface area contributed by atoms with Gasteiger partial charge in [-0.2, -0.15) is 13.2 Å². The lowest BCUT2D eigenvalue weighted by atomic mass is 10.1. The molecule has 0 atom stereocenters. The molecule has 28 heavy (non-hydrogen) atoms. The van der Waals surface area contributed by atoms with E-state index in [9.17, 15) is 21.6 Å². The van der Waals surface area contributed by atoms with Gasteiger partial charge in [0.1, 0.15) is 11.9 Å². The molecule has 151 valence electrons. The van der Waals surface area contributed by atoms with Gasteiger partial charge in [-0.3, -0.25) is 0 Å². The molecule has 2 aromatic carbocycles. The molecular weight excluding hydrogens is 391 g/mol. The van der Waals surface area contributed by atoms with Crippen molar-refractivity contribution in [1.29, 1.82) is 0 Å². The zero-order valence-corrected chi connectivity index (χ0v) is 15.9. The molecule has 1 aliphatic heterocycles. The van der Waals surface area contributed by atoms with Crippen molar-refractivity contribution >= 4 is 10.0 Å². The molecule has 3 rings (SSSR count). The molecule has 0 spiro atoms. The molecule has 1 radical (unpaired) electrons. The number of alkyl halides is 3. The van der Waals surface area contributed by atoms with E-state index in [1.165, 1.54) is 22.5 Å². The summed E-state index contributed by atoms with van der Waals surface area (Å²) in [6, 6.07) is 14.3. The summed E-state index contributed by atoms with van der Waals surface area (Å²) in [6.45, 7) is 0.452. The molecular formula is C20H21F3NO3S. The predicted octanol–water partition coefficient (Wildman–Crippen LogP) is 4.13. The highest BCUT2D eigenvalue weighted by atomic mass is 32.2. The third-order valence-electron chi connectivity index (χ3n) is 4.61. The van der Waals surface area contributed by atoms with Crippen LogP contribution in [0.25, 0.3) is 0 Å². The number of ether oxygens (including phenoxy) is 1. The Balaban J connectivity index is 1.56. The Labute approximate surface area is 163 Å². The van der Waals surface area contributed by atoms with Crippen LogP contribution in [-0.2, 0) is 16.2 Å². The third-order valence-corrected chi connectivity index (χ3v) is 6.35. The van der Waals surface area contributed by atoms with Crippen molar-refractivity contribution in [2.75, 3.05) is 18.8 Å². The number of benzene rings is 2. The zero-order valence-electron chi connectivity index (χ0n) is 15.1. The number of halogens is 3. The van der Waals surface area contributed by atoms with Gasteiger partial charge < -0.3 is 4.74 Å². The van der Waals surface area contributed by atoms with Gasteiger partial charge in [0.25, 0.3) is 0 Å². The maximum absolute atomic E-state index is 13.1. The fraction of sp³-hybridized carbons (Fsp3) is 0.350. The average Bonchev–Trinajstić information content (AvgIpc) is 2.67. The first kappa shape index (κ1) is 20.7. The summed E-state index contributed by atoms with van der Waals surface area (Å²) in [5, 5.41) is 0. The van der Waals surface area contributed by atoms with E-state index in [4.69, 9.17) is 4.74 Å². The van der Waals surface area contributed by atoms with E-state index in [0.717, 1.165) is 11.6 Å². The zero-order chi connectivity index (χ0) is 20.2. The van der Waals surface area contributed by atoms with E-state index in [-0.39, 0.29) is 24.6 Å². The van der Waals surface area contributed by atoms with Crippen molar-refractivity contribution in [2.45, 2.75) is 25.1 Å². The Morgan fingerprint density at radius 3 is 2.25 bits per heavy atom. The molecule has 0 aliphatic carbocycles. The Morgan fingerprint density at radius 1 is 1.00 bits per heavy atom. The minimum atomic E-state index is -4.49. The van der Waals surface area contributed by atoms with E-state index in [0.29, 0.717) is 12.8 Å². The van der Waals surface area contributed by atoms with Crippen molar-refractivity contribution in [1.82, 2.24) is 4.31 Å². The van der Waals surface area contributed by atoms with Crippen LogP contribution in [0.3, 0.4) is 0 Å². The minimum absolute atomic E-state index is 0.112. The molecule has 0 saturated carbocycles. The van der Waals surface area contributed by atoms with Gasteiger partial charge in [-0.1, -0.05) is 42.5 Å². The van der Waals surface area contributed by atoms with Gasteiger partial charge in [0, 0.05) is 19.5 Å². The lowest BCUT2D eigenvalue weighted by Gasteiger charge is -2.32. The van der Waals surface area contributed by atoms with Crippen LogP contribution in [-0.4, -0.2) is 37.7 Å². The minimum Gasteiger partial charge on any atom is -0.490 e. The number of sulfonamides is 1. The van der Waals surface area contributed by atoms with Crippen LogP contribution in [0.2, 0.25) is 0 Å². The van der Waals surface area contributed by atoms with Crippen molar-refractivity contribution < 1.29 is 26.3 Å². The van der Waals surface area contributed by atoms with Gasteiger partial charge in [-0.15, -0.1) is 0 Å². The van der Waals surface area contributed by atoms with Crippen LogP contribution in [0.4, 0.5) is 13.2 Å². The lowest BCUT2D eigenvalue weighted by molar-refractivity contribution is -0.139. The van der Waals surface area contributed by atoms with E-state index in [1.54, 1.807) is 6.42 Å². The largest absolute Gasteiger partial charge is 0.490 e. The number of hydrogen-bond acceptors (Lipinski definition) is 3. The Hall–Kier alpha value is -2.06. The molecule has 0 amide bonds. The molecule has 0 bridgehead atoms. The van der Waals surface area contributed by atoms with Crippen LogP contribution in [0.5, 0.6) is 5.75 Å². The maximum atomic E-state index is 13.1. The van der Waals surface area contributed by atoms with Gasteiger partial charge in [-0.25, -0.2) is 12.7 Å². The van der Waals surface area contributed by atoms with E-state index < -0.39 is 27.9 Å². The highest BCUT2D eigenvalue weighted by Crippen LogP contribution is 2.37. The predicted molar refractivity (Wildman–Crippen MR) is 100 cm³/mol. The van der Waals surface area contributed by atoms with Crippen LogP contribution < -0.4 is 4.74 Å². The second kappa shape index (κ2) is 8.53. The summed E-state index contributed by atoms with van der Waals surface area (Å²) < 4.78 is 71.2. The van der Waals surface area contributed by atoms with Crippen LogP contribution in [0.1, 0.15) is 24.0 Å². The van der Waals surface area contributed by atoms with E-state index in [2.05, 4.69) is 0 Å². The molecule has 1 heterocycles. The first-order valence-corrected chi connectivity index (χ1v) is 10.6. The van der Waals surface area contributed by atoms with Gasteiger partial charge in [0.15, 0.2) is 0 Å². The van der Waals surface area contributed by atoms with E-state index in [1.807, 2.05) is 30.3 Å². The van der Waals surface area contributed by atoms with Crippen molar-refractivity contribution in [2.24, 2.45) is 0 Å². The van der Waals surface area contributed by atoms with Gasteiger partial charge in [0.05, 0.1) is 11.3 Å². The summed E-state index contributed by atoms with van der Waals surface area (Å²) >= 11 is 0. The Morgan fingerprint density at radius 2 is 1.61 bits per heavy atom. The number of para-hydroxylation sites is 1. The highest BCUT2D eigenvalue weighted by Gasteiger charge is 2.35. The van der Waals surface area contributed by atoms with Crippen LogP contribution in [0.15, 0.2) is 54.6 Å². The quantitative estimate of drug-likeness (QED) is 0.717. The van der Waals surface area contributed by atoms with Crippen molar-refractivity contribution in [3.8, 4) is 5.75 Å². The number of piperidine rings is 1. The van der Waals surface area contributed by atoms with Gasteiger partial charge in [0.2, 0.25) is 10.0 Å². The van der Waals surface area contributed by atoms with Gasteiger partial charge >= 0.3 is 6.18 Å². The van der Waals surface area contributed by atoms with E-state index >= 15 is 0 Å². The fourth-order valence-corrected chi connectivity index (χ4v) is 4.49. The average molecular weight is 412 g/mol. The summed E-state index contributed by atoms with van der Waals surface area (Å²) in [7, 11) is -3.47. The smallest absolute Gasteiger partial charge is 0.419 e. The summed E-state index contributed by atoms with van der Waals surface area (Å²) in [6.07, 6.45) is -2.60. The maximum Gasteiger partial charge on any atom is 0.419 e. The summed E-state index contributed by atoms with van der Waals surface area (Å²) in [5.74, 6) is -0.326. The molecule has 2 aromatic rings. The molecule has 1 fully saturated rings. The third kappa shape index (κ3) is 5.26. The molecule has 1 saturated heterocycles. The molecule has 0 unspecified atom stereocenters. The highest BCUT2D eigenvalue weighted by molar-refractivity contribution is 7.89. The van der Waals surface area contributed by atoms with Crippen LogP contribution in [0, 0.1) is 6.42 Å². The monoisotopic (exact) mass is 412 g/mol. The van der Waals surface area contributed by atoms with Crippen LogP contribution >= 0.6 is 0 Å². The first-order chi connectivity index (χ1) is 13.3. The standard InChI is InChI=1S/C20H21F3NO3S/c21-20(22,23)18-8-4-5-9-19(18)27-17-10-13-24(14-11-17)28(25,26)15-12-16-6-2-1-3-7-16/h1-9,12,17H,10-11,13-15H2. The Bertz CT molecular complexity index is 877. The topological polar surface area (TPSA) is 46.6 Å². The van der Waals surface area contributed by atoms with Crippen molar-refractivity contribution in [3.63, 3.8) is 0 Å². The molecule has 1 aliphatic rings. The second-order valence-corrected chi connectivity index (χ2v) is 8.62. The Kier molecular flexibility index (Phi) is 6.30. The molecule has 0 aromatic heterocycles. The normalized spacial score (nSPS) is 16.8. The number of rotatable bonds is 6. The SMILES string of the molecule is O=S(=O)(C[CH]c1ccccc1)N1CCC(Oc2ccccc2C(F)(F)F)CC1. The van der Waals surface area contributed by atoms with Crippen molar-refractivity contribution in [3.05, 3.63) is 72.1 Å². The summed E-state index contributed by atoms with van der Waals surface area (Å²) in [4.78, 5) is 0.